The largest absolute Gasteiger partial charge is 0.428 e. The van der Waals surface area contributed by atoms with Crippen molar-refractivity contribution in [1.29, 1.82) is 0 Å². The van der Waals surface area contributed by atoms with Gasteiger partial charge in [0, 0.05) is 11.6 Å². The van der Waals surface area contributed by atoms with E-state index >= 15 is 0 Å². The van der Waals surface area contributed by atoms with Crippen LogP contribution in [0.1, 0.15) is 11.1 Å². The average Bonchev–Trinajstić information content (AvgIpc) is 3.23. The van der Waals surface area contributed by atoms with E-state index in [1.807, 2.05) is 60.7 Å². The van der Waals surface area contributed by atoms with Gasteiger partial charge in [0.1, 0.15) is 0 Å². The normalized spacial score (nSPS) is 27.3. The van der Waals surface area contributed by atoms with Crippen LogP contribution in [0.5, 0.6) is 0 Å². The molecule has 2 unspecified atom stereocenters. The van der Waals surface area contributed by atoms with E-state index in [2.05, 4.69) is 0 Å². The highest BCUT2D eigenvalue weighted by atomic mass is 16.8. The molecule has 0 aliphatic carbocycles. The van der Waals surface area contributed by atoms with Crippen LogP contribution in [0.4, 0.5) is 0 Å². The molecule has 0 radical (unpaired) electrons. The van der Waals surface area contributed by atoms with Crippen molar-refractivity contribution in [2.75, 3.05) is 0 Å². The van der Waals surface area contributed by atoms with Gasteiger partial charge in [-0.15, -0.1) is 0 Å². The van der Waals surface area contributed by atoms with Crippen LogP contribution in [0.15, 0.2) is 66.7 Å². The highest BCUT2D eigenvalue weighted by Gasteiger charge is 2.65. The molecule has 2 aromatic rings. The molecule has 1 fully saturated rings. The highest BCUT2D eigenvalue weighted by molar-refractivity contribution is 5.97. The monoisotopic (exact) mass is 264 g/mol. The van der Waals surface area contributed by atoms with Crippen molar-refractivity contribution in [3.63, 3.8) is 0 Å². The van der Waals surface area contributed by atoms with E-state index in [1.165, 1.54) is 6.08 Å². The van der Waals surface area contributed by atoms with Gasteiger partial charge in [-0.25, -0.2) is 4.79 Å². The molecule has 0 saturated carbocycles. The predicted octanol–water partition coefficient (Wildman–Crippen LogP) is 2.88. The fourth-order valence-corrected chi connectivity index (χ4v) is 2.76. The topological polar surface area (TPSA) is 38.8 Å². The van der Waals surface area contributed by atoms with E-state index in [4.69, 9.17) is 9.47 Å². The minimum absolute atomic E-state index is 0.349. The number of hydrogen-bond acceptors (Lipinski definition) is 3. The van der Waals surface area contributed by atoms with Crippen molar-refractivity contribution in [1.82, 2.24) is 0 Å². The van der Waals surface area contributed by atoms with Gasteiger partial charge < -0.3 is 9.47 Å². The van der Waals surface area contributed by atoms with Crippen LogP contribution in [0.25, 0.3) is 5.57 Å². The molecule has 1 saturated heterocycles. The average molecular weight is 264 g/mol. The standard InChI is InChI=1S/C17H12O3/c18-15-11-14(12-7-3-1-4-8-12)17(16(19-15)20-17)13-9-5-2-6-10-13/h1-11,16H. The van der Waals surface area contributed by atoms with Gasteiger partial charge in [-0.2, -0.15) is 0 Å². The Labute approximate surface area is 116 Å². The second-order valence-corrected chi connectivity index (χ2v) is 4.91. The van der Waals surface area contributed by atoms with E-state index in [1.54, 1.807) is 0 Å². The molecular formula is C17H12O3. The third kappa shape index (κ3) is 1.53. The predicted molar refractivity (Wildman–Crippen MR) is 73.5 cm³/mol. The molecule has 0 aromatic heterocycles. The molecule has 20 heavy (non-hydrogen) atoms. The van der Waals surface area contributed by atoms with E-state index in [-0.39, 0.29) is 5.97 Å². The zero-order valence-electron chi connectivity index (χ0n) is 10.7. The Morgan fingerprint density at radius 1 is 0.900 bits per heavy atom. The summed E-state index contributed by atoms with van der Waals surface area (Å²) in [6.07, 6.45) is 1.02. The van der Waals surface area contributed by atoms with Crippen LogP contribution in [0.3, 0.4) is 0 Å². The van der Waals surface area contributed by atoms with Crippen LogP contribution in [-0.2, 0) is 19.9 Å². The molecule has 3 heteroatoms. The van der Waals surface area contributed by atoms with Crippen LogP contribution < -0.4 is 0 Å². The zero-order chi connectivity index (χ0) is 13.6. The number of ether oxygens (including phenoxy) is 2. The molecule has 3 nitrogen and oxygen atoms in total. The summed E-state index contributed by atoms with van der Waals surface area (Å²) in [6, 6.07) is 19.7. The molecule has 2 heterocycles. The molecule has 0 bridgehead atoms. The Morgan fingerprint density at radius 3 is 2.25 bits per heavy atom. The van der Waals surface area contributed by atoms with Crippen molar-refractivity contribution >= 4 is 11.5 Å². The summed E-state index contributed by atoms with van der Waals surface area (Å²) in [7, 11) is 0. The fraction of sp³-hybridized carbons (Fsp3) is 0.118. The first kappa shape index (κ1) is 11.4. The van der Waals surface area contributed by atoms with Crippen LogP contribution in [0, 0.1) is 0 Å². The molecule has 0 spiro atoms. The minimum atomic E-state index is -0.642. The highest BCUT2D eigenvalue weighted by Crippen LogP contribution is 2.57. The van der Waals surface area contributed by atoms with E-state index in [0.717, 1.165) is 16.7 Å². The Bertz CT molecular complexity index is 691. The smallest absolute Gasteiger partial charge is 0.333 e. The Balaban J connectivity index is 1.88. The lowest BCUT2D eigenvalue weighted by molar-refractivity contribution is -0.142. The molecule has 2 aromatic carbocycles. The summed E-state index contributed by atoms with van der Waals surface area (Å²) in [5.41, 5.74) is 2.21. The second-order valence-electron chi connectivity index (χ2n) is 4.91. The number of fused-ring (bicyclic) bond motifs is 1. The molecule has 98 valence electrons. The van der Waals surface area contributed by atoms with Gasteiger partial charge in [-0.3, -0.25) is 0 Å². The van der Waals surface area contributed by atoms with Crippen molar-refractivity contribution < 1.29 is 14.3 Å². The Morgan fingerprint density at radius 2 is 1.55 bits per heavy atom. The first-order valence-electron chi connectivity index (χ1n) is 6.52. The van der Waals surface area contributed by atoms with Gasteiger partial charge in [0.2, 0.25) is 6.29 Å². The summed E-state index contributed by atoms with van der Waals surface area (Å²) in [5.74, 6) is -0.349. The van der Waals surface area contributed by atoms with Crippen molar-refractivity contribution in [2.45, 2.75) is 11.9 Å². The van der Waals surface area contributed by atoms with E-state index in [0.29, 0.717) is 0 Å². The number of esters is 1. The first-order valence-corrected chi connectivity index (χ1v) is 6.52. The quantitative estimate of drug-likeness (QED) is 0.618. The Hall–Kier alpha value is -2.39. The van der Waals surface area contributed by atoms with Crippen LogP contribution >= 0.6 is 0 Å². The SMILES string of the molecule is O=C1C=C(c2ccccc2)C2(c3ccccc3)OC2O1. The summed E-state index contributed by atoms with van der Waals surface area (Å²) < 4.78 is 11.0. The Kier molecular flexibility index (Phi) is 2.32. The summed E-state index contributed by atoms with van der Waals surface area (Å²) in [6.45, 7) is 0. The number of hydrogen-bond donors (Lipinski definition) is 0. The molecule has 2 aliphatic rings. The third-order valence-electron chi connectivity index (χ3n) is 3.74. The lowest BCUT2D eigenvalue weighted by Crippen LogP contribution is -2.24. The van der Waals surface area contributed by atoms with Gasteiger partial charge >= 0.3 is 5.97 Å². The second kappa shape index (κ2) is 4.05. The zero-order valence-corrected chi connectivity index (χ0v) is 10.7. The first-order chi connectivity index (χ1) is 9.80. The van der Waals surface area contributed by atoms with Crippen LogP contribution in [-0.4, -0.2) is 12.3 Å². The molecular weight excluding hydrogens is 252 g/mol. The van der Waals surface area contributed by atoms with Crippen molar-refractivity contribution in [2.24, 2.45) is 0 Å². The van der Waals surface area contributed by atoms with E-state index < -0.39 is 11.9 Å². The van der Waals surface area contributed by atoms with Gasteiger partial charge in [-0.1, -0.05) is 60.7 Å². The van der Waals surface area contributed by atoms with E-state index in [9.17, 15) is 4.79 Å². The van der Waals surface area contributed by atoms with Gasteiger partial charge in [0.05, 0.1) is 0 Å². The molecule has 0 N–H and O–H groups in total. The van der Waals surface area contributed by atoms with Gasteiger partial charge in [0.15, 0.2) is 5.60 Å². The maximum atomic E-state index is 11.7. The molecule has 0 amide bonds. The third-order valence-corrected chi connectivity index (χ3v) is 3.74. The maximum Gasteiger partial charge on any atom is 0.333 e. The molecule has 2 aliphatic heterocycles. The summed E-state index contributed by atoms with van der Waals surface area (Å²) >= 11 is 0. The molecule has 2 atom stereocenters. The molecule has 4 rings (SSSR count). The lowest BCUT2D eigenvalue weighted by Gasteiger charge is -2.20. The summed E-state index contributed by atoms with van der Waals surface area (Å²) in [4.78, 5) is 11.7. The summed E-state index contributed by atoms with van der Waals surface area (Å²) in [5, 5.41) is 0. The van der Waals surface area contributed by atoms with Gasteiger partial charge in [-0.05, 0) is 11.1 Å². The number of rotatable bonds is 2. The number of epoxide rings is 1. The van der Waals surface area contributed by atoms with Crippen LogP contribution in [0.2, 0.25) is 0 Å². The fourth-order valence-electron chi connectivity index (χ4n) is 2.76. The minimum Gasteiger partial charge on any atom is -0.428 e. The lowest BCUT2D eigenvalue weighted by atomic mass is 9.85. The van der Waals surface area contributed by atoms with Crippen molar-refractivity contribution in [3.8, 4) is 0 Å². The number of benzene rings is 2. The number of carbonyl (C=O) groups excluding carboxylic acids is 1. The number of carbonyl (C=O) groups is 1. The maximum absolute atomic E-state index is 11.7. The van der Waals surface area contributed by atoms with Crippen molar-refractivity contribution in [3.05, 3.63) is 77.9 Å². The van der Waals surface area contributed by atoms with Gasteiger partial charge in [0.25, 0.3) is 0 Å².